The first-order valence-corrected chi connectivity index (χ1v) is 7.44. The molecule has 0 aliphatic rings. The van der Waals surface area contributed by atoms with Gasteiger partial charge in [0.05, 0.1) is 6.20 Å². The third-order valence-electron chi connectivity index (χ3n) is 3.22. The van der Waals surface area contributed by atoms with Gasteiger partial charge >= 0.3 is 0 Å². The van der Waals surface area contributed by atoms with E-state index in [-0.39, 0.29) is 0 Å². The van der Waals surface area contributed by atoms with Crippen LogP contribution in [0.2, 0.25) is 0 Å². The molecule has 18 heavy (non-hydrogen) atoms. The Labute approximate surface area is 113 Å². The summed E-state index contributed by atoms with van der Waals surface area (Å²) in [5.41, 5.74) is 1.26. The largest absolute Gasteiger partial charge is 0.303 e. The Balaban J connectivity index is 2.03. The summed E-state index contributed by atoms with van der Waals surface area (Å²) in [4.78, 5) is 1.41. The van der Waals surface area contributed by atoms with Gasteiger partial charge in [0.15, 0.2) is 0 Å². The molecule has 2 atom stereocenters. The molecule has 0 aliphatic heterocycles. The zero-order valence-electron chi connectivity index (χ0n) is 11.3. The third kappa shape index (κ3) is 3.00. The molecule has 0 radical (unpaired) electrons. The van der Waals surface area contributed by atoms with Crippen molar-refractivity contribution in [2.45, 2.75) is 45.8 Å². The van der Waals surface area contributed by atoms with Crippen molar-refractivity contribution in [1.29, 1.82) is 0 Å². The van der Waals surface area contributed by atoms with Crippen molar-refractivity contribution in [3.8, 4) is 0 Å². The van der Waals surface area contributed by atoms with E-state index < -0.39 is 0 Å². The maximum atomic E-state index is 4.33. The van der Waals surface area contributed by atoms with Crippen molar-refractivity contribution in [1.82, 2.24) is 15.1 Å². The van der Waals surface area contributed by atoms with Crippen LogP contribution < -0.4 is 5.32 Å². The van der Waals surface area contributed by atoms with E-state index in [1.54, 1.807) is 0 Å². The second-order valence-electron chi connectivity index (χ2n) is 4.49. The molecule has 2 unspecified atom stereocenters. The van der Waals surface area contributed by atoms with Gasteiger partial charge in [-0.05, 0) is 31.7 Å². The van der Waals surface area contributed by atoms with E-state index in [1.165, 1.54) is 10.4 Å². The fourth-order valence-electron chi connectivity index (χ4n) is 2.06. The number of aryl methyl sites for hydroxylation is 1. The van der Waals surface area contributed by atoms with E-state index in [9.17, 15) is 0 Å². The quantitative estimate of drug-likeness (QED) is 0.860. The van der Waals surface area contributed by atoms with Crippen LogP contribution in [0.15, 0.2) is 29.9 Å². The predicted octanol–water partition coefficient (Wildman–Crippen LogP) is 3.77. The van der Waals surface area contributed by atoms with Gasteiger partial charge in [-0.15, -0.1) is 11.3 Å². The summed E-state index contributed by atoms with van der Waals surface area (Å²) in [7, 11) is 0. The molecule has 0 bridgehead atoms. The highest BCUT2D eigenvalue weighted by atomic mass is 32.1. The molecule has 0 saturated carbocycles. The summed E-state index contributed by atoms with van der Waals surface area (Å²) >= 11 is 1.82. The fraction of sp³-hybridized carbons (Fsp3) is 0.500. The van der Waals surface area contributed by atoms with E-state index in [1.807, 2.05) is 22.2 Å². The van der Waals surface area contributed by atoms with Gasteiger partial charge < -0.3 is 5.32 Å². The summed E-state index contributed by atoms with van der Waals surface area (Å²) in [6, 6.07) is 5.08. The average molecular weight is 263 g/mol. The Bertz CT molecular complexity index is 461. The summed E-state index contributed by atoms with van der Waals surface area (Å²) < 4.78 is 1.97. The second-order valence-corrected chi connectivity index (χ2v) is 5.47. The van der Waals surface area contributed by atoms with Crippen molar-refractivity contribution >= 4 is 11.3 Å². The maximum Gasteiger partial charge on any atom is 0.0537 e. The Morgan fingerprint density at radius 2 is 2.28 bits per heavy atom. The van der Waals surface area contributed by atoms with Crippen LogP contribution in [0.5, 0.6) is 0 Å². The van der Waals surface area contributed by atoms with Crippen LogP contribution in [-0.4, -0.2) is 9.78 Å². The highest BCUT2D eigenvalue weighted by molar-refractivity contribution is 7.10. The fourth-order valence-corrected chi connectivity index (χ4v) is 2.94. The van der Waals surface area contributed by atoms with E-state index in [4.69, 9.17) is 0 Å². The Morgan fingerprint density at radius 1 is 1.44 bits per heavy atom. The second kappa shape index (κ2) is 6.16. The standard InChI is InChI=1S/C14H21N3S/c1-4-13(14-7-6-8-18-14)16-11(3)12-9-15-17(5-2)10-12/h6-11,13,16H,4-5H2,1-3H3. The Hall–Kier alpha value is -1.13. The smallest absolute Gasteiger partial charge is 0.0537 e. The lowest BCUT2D eigenvalue weighted by Crippen LogP contribution is -2.23. The molecular weight excluding hydrogens is 242 g/mol. The Morgan fingerprint density at radius 3 is 2.83 bits per heavy atom. The molecule has 0 aromatic carbocycles. The molecular formula is C14H21N3S. The molecule has 98 valence electrons. The summed E-state index contributed by atoms with van der Waals surface area (Å²) in [6.07, 6.45) is 5.19. The maximum absolute atomic E-state index is 4.33. The third-order valence-corrected chi connectivity index (χ3v) is 4.21. The van der Waals surface area contributed by atoms with Crippen LogP contribution in [0.25, 0.3) is 0 Å². The monoisotopic (exact) mass is 263 g/mol. The number of nitrogens with one attached hydrogen (secondary N) is 1. The first kappa shape index (κ1) is 13.3. The lowest BCUT2D eigenvalue weighted by molar-refractivity contribution is 0.461. The van der Waals surface area contributed by atoms with Gasteiger partial charge in [0, 0.05) is 35.3 Å². The van der Waals surface area contributed by atoms with Crippen molar-refractivity contribution in [3.63, 3.8) is 0 Å². The van der Waals surface area contributed by atoms with Crippen LogP contribution in [0.3, 0.4) is 0 Å². The number of thiophene rings is 1. The summed E-state index contributed by atoms with van der Waals surface area (Å²) in [5, 5.41) is 10.1. The summed E-state index contributed by atoms with van der Waals surface area (Å²) in [5.74, 6) is 0. The SMILES string of the molecule is CCC(NC(C)c1cnn(CC)c1)c1cccs1. The molecule has 0 aliphatic carbocycles. The van der Waals surface area contributed by atoms with Crippen molar-refractivity contribution < 1.29 is 0 Å². The van der Waals surface area contributed by atoms with Gasteiger partial charge in [-0.1, -0.05) is 13.0 Å². The number of rotatable bonds is 6. The van der Waals surface area contributed by atoms with Gasteiger partial charge in [-0.2, -0.15) is 5.10 Å². The molecule has 3 nitrogen and oxygen atoms in total. The molecule has 0 saturated heterocycles. The van der Waals surface area contributed by atoms with Crippen LogP contribution in [-0.2, 0) is 6.54 Å². The van der Waals surface area contributed by atoms with Gasteiger partial charge in [-0.3, -0.25) is 4.68 Å². The molecule has 0 spiro atoms. The zero-order chi connectivity index (χ0) is 13.0. The summed E-state index contributed by atoms with van der Waals surface area (Å²) in [6.45, 7) is 7.46. The molecule has 2 aromatic heterocycles. The van der Waals surface area contributed by atoms with E-state index in [2.05, 4.69) is 54.9 Å². The van der Waals surface area contributed by atoms with Crippen LogP contribution in [0, 0.1) is 0 Å². The predicted molar refractivity (Wildman–Crippen MR) is 76.8 cm³/mol. The normalized spacial score (nSPS) is 14.6. The molecule has 0 amide bonds. The van der Waals surface area contributed by atoms with Crippen LogP contribution >= 0.6 is 11.3 Å². The van der Waals surface area contributed by atoms with E-state index >= 15 is 0 Å². The first-order valence-electron chi connectivity index (χ1n) is 6.56. The Kier molecular flexibility index (Phi) is 4.55. The highest BCUT2D eigenvalue weighted by Crippen LogP contribution is 2.25. The van der Waals surface area contributed by atoms with E-state index in [0.29, 0.717) is 12.1 Å². The van der Waals surface area contributed by atoms with Gasteiger partial charge in [0.1, 0.15) is 0 Å². The lowest BCUT2D eigenvalue weighted by Gasteiger charge is -2.20. The number of hydrogen-bond acceptors (Lipinski definition) is 3. The molecule has 1 N–H and O–H groups in total. The minimum Gasteiger partial charge on any atom is -0.303 e. The van der Waals surface area contributed by atoms with Crippen LogP contribution in [0.4, 0.5) is 0 Å². The van der Waals surface area contributed by atoms with Crippen molar-refractivity contribution in [2.75, 3.05) is 0 Å². The van der Waals surface area contributed by atoms with Gasteiger partial charge in [-0.25, -0.2) is 0 Å². The molecule has 2 aromatic rings. The average Bonchev–Trinajstić information content (AvgIpc) is 3.05. The van der Waals surface area contributed by atoms with Gasteiger partial charge in [0.2, 0.25) is 0 Å². The topological polar surface area (TPSA) is 29.9 Å². The minimum absolute atomic E-state index is 0.331. The number of aromatic nitrogens is 2. The van der Waals surface area contributed by atoms with Crippen molar-refractivity contribution in [2.24, 2.45) is 0 Å². The lowest BCUT2D eigenvalue weighted by atomic mass is 10.1. The minimum atomic E-state index is 0.331. The van der Waals surface area contributed by atoms with E-state index in [0.717, 1.165) is 13.0 Å². The number of nitrogens with zero attached hydrogens (tertiary/aromatic N) is 2. The molecule has 2 rings (SSSR count). The zero-order valence-corrected chi connectivity index (χ0v) is 12.1. The van der Waals surface area contributed by atoms with Crippen molar-refractivity contribution in [3.05, 3.63) is 40.3 Å². The molecule has 2 heterocycles. The molecule has 4 heteroatoms. The molecule has 0 fully saturated rings. The number of hydrogen-bond donors (Lipinski definition) is 1. The highest BCUT2D eigenvalue weighted by Gasteiger charge is 2.15. The van der Waals surface area contributed by atoms with Gasteiger partial charge in [0.25, 0.3) is 0 Å². The first-order chi connectivity index (χ1) is 8.74. The van der Waals surface area contributed by atoms with Crippen LogP contribution in [0.1, 0.15) is 49.7 Å².